The SMILES string of the molecule is CC(C)=O.CC(C)=O.CCOCC. The number of ketones is 2. The second kappa shape index (κ2) is 17.4. The molecule has 0 amide bonds. The standard InChI is InChI=1S/C4H10O.2C3H6O/c1-3-5-4-2;2*1-3(2)4/h3-4H2,1-2H3;2*1-2H3. The zero-order chi connectivity index (χ0) is 11.3. The molecular weight excluding hydrogens is 168 g/mol. The van der Waals surface area contributed by atoms with Crippen LogP contribution >= 0.6 is 0 Å². The molecule has 13 heavy (non-hydrogen) atoms. The summed E-state index contributed by atoms with van der Waals surface area (Å²) in [6.07, 6.45) is 0. The van der Waals surface area contributed by atoms with Crippen LogP contribution in [0.2, 0.25) is 0 Å². The molecule has 0 bridgehead atoms. The normalized spacial score (nSPS) is 7.23. The van der Waals surface area contributed by atoms with Crippen LogP contribution in [0.4, 0.5) is 0 Å². The van der Waals surface area contributed by atoms with Gasteiger partial charge in [-0.15, -0.1) is 0 Å². The van der Waals surface area contributed by atoms with Crippen LogP contribution in [0.1, 0.15) is 41.5 Å². The summed E-state index contributed by atoms with van der Waals surface area (Å²) in [6.45, 7) is 11.8. The first-order valence-electron chi connectivity index (χ1n) is 4.40. The Balaban J connectivity index is -0.000000117. The summed E-state index contributed by atoms with van der Waals surface area (Å²) in [5.74, 6) is 0.333. The predicted molar refractivity (Wildman–Crippen MR) is 54.9 cm³/mol. The molecule has 0 rings (SSSR count). The number of rotatable bonds is 2. The van der Waals surface area contributed by atoms with Crippen molar-refractivity contribution in [2.45, 2.75) is 41.5 Å². The summed E-state index contributed by atoms with van der Waals surface area (Å²) < 4.78 is 4.83. The Kier molecular flexibility index (Phi) is 24.3. The monoisotopic (exact) mass is 190 g/mol. The molecule has 0 aromatic carbocycles. The Bertz CT molecular complexity index is 97.3. The highest BCUT2D eigenvalue weighted by Gasteiger charge is 1.64. The molecule has 0 aliphatic heterocycles. The maximum atomic E-state index is 9.44. The Morgan fingerprint density at radius 3 is 1.00 bits per heavy atom. The van der Waals surface area contributed by atoms with Gasteiger partial charge in [0.05, 0.1) is 0 Å². The van der Waals surface area contributed by atoms with E-state index in [9.17, 15) is 9.59 Å². The second-order valence-corrected chi connectivity index (χ2v) is 2.60. The first kappa shape index (κ1) is 18.2. The third-order valence-corrected chi connectivity index (χ3v) is 0.408. The van der Waals surface area contributed by atoms with Gasteiger partial charge in [0.15, 0.2) is 0 Å². The molecule has 0 saturated carbocycles. The number of hydrogen-bond acceptors (Lipinski definition) is 3. The minimum atomic E-state index is 0.167. The average molecular weight is 190 g/mol. The molecule has 0 fully saturated rings. The van der Waals surface area contributed by atoms with Gasteiger partial charge in [0.1, 0.15) is 11.6 Å². The highest BCUT2D eigenvalue weighted by atomic mass is 16.5. The molecule has 3 heteroatoms. The summed E-state index contributed by atoms with van der Waals surface area (Å²) in [4.78, 5) is 18.9. The van der Waals surface area contributed by atoms with Crippen LogP contribution in [0.15, 0.2) is 0 Å². The van der Waals surface area contributed by atoms with Crippen LogP contribution in [-0.2, 0) is 14.3 Å². The van der Waals surface area contributed by atoms with Crippen LogP contribution in [-0.4, -0.2) is 24.8 Å². The van der Waals surface area contributed by atoms with E-state index in [4.69, 9.17) is 4.74 Å². The van der Waals surface area contributed by atoms with Gasteiger partial charge in [0, 0.05) is 13.2 Å². The van der Waals surface area contributed by atoms with Gasteiger partial charge >= 0.3 is 0 Å². The Hall–Kier alpha value is -0.700. The molecule has 0 atom stereocenters. The minimum absolute atomic E-state index is 0.167. The quantitative estimate of drug-likeness (QED) is 0.670. The molecule has 0 spiro atoms. The molecule has 0 saturated heterocycles. The van der Waals surface area contributed by atoms with Crippen LogP contribution < -0.4 is 0 Å². The third kappa shape index (κ3) is 578. The molecule has 3 nitrogen and oxygen atoms in total. The van der Waals surface area contributed by atoms with Crippen molar-refractivity contribution in [2.24, 2.45) is 0 Å². The van der Waals surface area contributed by atoms with Crippen molar-refractivity contribution in [2.75, 3.05) is 13.2 Å². The van der Waals surface area contributed by atoms with Crippen LogP contribution in [0.3, 0.4) is 0 Å². The van der Waals surface area contributed by atoms with E-state index in [1.165, 1.54) is 27.7 Å². The van der Waals surface area contributed by atoms with E-state index in [0.29, 0.717) is 0 Å². The summed E-state index contributed by atoms with van der Waals surface area (Å²) in [6, 6.07) is 0. The number of Topliss-reactive ketones (excluding diaryl/α,β-unsaturated/α-hetero) is 2. The van der Waals surface area contributed by atoms with Crippen molar-refractivity contribution in [3.05, 3.63) is 0 Å². The second-order valence-electron chi connectivity index (χ2n) is 2.60. The summed E-state index contributed by atoms with van der Waals surface area (Å²) in [5, 5.41) is 0. The van der Waals surface area contributed by atoms with Crippen molar-refractivity contribution in [1.29, 1.82) is 0 Å². The van der Waals surface area contributed by atoms with Crippen molar-refractivity contribution < 1.29 is 14.3 Å². The number of carbonyl (C=O) groups excluding carboxylic acids is 2. The van der Waals surface area contributed by atoms with Gasteiger partial charge in [-0.2, -0.15) is 0 Å². The fourth-order valence-electron chi connectivity index (χ4n) is 0.204. The van der Waals surface area contributed by atoms with E-state index in [1.807, 2.05) is 13.8 Å². The van der Waals surface area contributed by atoms with Crippen LogP contribution in [0, 0.1) is 0 Å². The van der Waals surface area contributed by atoms with E-state index < -0.39 is 0 Å². The first-order valence-corrected chi connectivity index (χ1v) is 4.40. The molecule has 0 heterocycles. The highest BCUT2D eigenvalue weighted by molar-refractivity contribution is 5.72. The van der Waals surface area contributed by atoms with Gasteiger partial charge in [0.25, 0.3) is 0 Å². The maximum Gasteiger partial charge on any atom is 0.126 e. The van der Waals surface area contributed by atoms with E-state index in [-0.39, 0.29) is 11.6 Å². The summed E-state index contributed by atoms with van der Waals surface area (Å²) in [7, 11) is 0. The lowest BCUT2D eigenvalue weighted by Gasteiger charge is -1.86. The molecular formula is C10H22O3. The Labute approximate surface area is 81.5 Å². The Morgan fingerprint density at radius 2 is 1.00 bits per heavy atom. The largest absolute Gasteiger partial charge is 0.382 e. The van der Waals surface area contributed by atoms with Gasteiger partial charge in [-0.1, -0.05) is 0 Å². The van der Waals surface area contributed by atoms with Crippen molar-refractivity contribution in [3.8, 4) is 0 Å². The number of ether oxygens (including phenoxy) is 1. The highest BCUT2D eigenvalue weighted by Crippen LogP contribution is 1.64. The fraction of sp³-hybridized carbons (Fsp3) is 0.800. The Morgan fingerprint density at radius 1 is 0.846 bits per heavy atom. The fourth-order valence-corrected chi connectivity index (χ4v) is 0.204. The number of hydrogen-bond donors (Lipinski definition) is 0. The van der Waals surface area contributed by atoms with Gasteiger partial charge in [0.2, 0.25) is 0 Å². The van der Waals surface area contributed by atoms with Crippen molar-refractivity contribution in [1.82, 2.24) is 0 Å². The zero-order valence-electron chi connectivity index (χ0n) is 9.64. The van der Waals surface area contributed by atoms with Gasteiger partial charge in [-0.25, -0.2) is 0 Å². The summed E-state index contributed by atoms with van der Waals surface area (Å²) in [5.41, 5.74) is 0. The molecule has 0 radical (unpaired) electrons. The van der Waals surface area contributed by atoms with Gasteiger partial charge < -0.3 is 14.3 Å². The van der Waals surface area contributed by atoms with Crippen LogP contribution in [0.5, 0.6) is 0 Å². The van der Waals surface area contributed by atoms with Crippen LogP contribution in [0.25, 0.3) is 0 Å². The average Bonchev–Trinajstić information content (AvgIpc) is 1.86. The predicted octanol–water partition coefficient (Wildman–Crippen LogP) is 2.23. The molecule has 0 aromatic rings. The smallest absolute Gasteiger partial charge is 0.126 e. The lowest BCUT2D eigenvalue weighted by Crippen LogP contribution is -1.84. The molecule has 0 unspecified atom stereocenters. The van der Waals surface area contributed by atoms with E-state index in [2.05, 4.69) is 0 Å². The van der Waals surface area contributed by atoms with Gasteiger partial charge in [-0.05, 0) is 41.5 Å². The van der Waals surface area contributed by atoms with Crippen molar-refractivity contribution >= 4 is 11.6 Å². The van der Waals surface area contributed by atoms with Crippen molar-refractivity contribution in [3.63, 3.8) is 0 Å². The first-order chi connectivity index (χ1) is 5.88. The van der Waals surface area contributed by atoms with E-state index >= 15 is 0 Å². The molecule has 80 valence electrons. The van der Waals surface area contributed by atoms with E-state index in [0.717, 1.165) is 13.2 Å². The topological polar surface area (TPSA) is 43.4 Å². The molecule has 0 aliphatic rings. The minimum Gasteiger partial charge on any atom is -0.382 e. The molecule has 0 aliphatic carbocycles. The molecule has 0 aromatic heterocycles. The lowest BCUT2D eigenvalue weighted by molar-refractivity contribution is -0.115. The number of carbonyl (C=O) groups is 2. The zero-order valence-corrected chi connectivity index (χ0v) is 9.64. The maximum absolute atomic E-state index is 9.44. The van der Waals surface area contributed by atoms with E-state index in [1.54, 1.807) is 0 Å². The molecule has 0 N–H and O–H groups in total. The third-order valence-electron chi connectivity index (χ3n) is 0.408. The summed E-state index contributed by atoms with van der Waals surface area (Å²) >= 11 is 0. The lowest BCUT2D eigenvalue weighted by atomic mass is 10.6. The van der Waals surface area contributed by atoms with Gasteiger partial charge in [-0.3, -0.25) is 0 Å².